The number of nitrogens with zero attached hydrogens (tertiary/aromatic N) is 3. The van der Waals surface area contributed by atoms with Crippen LogP contribution in [-0.2, 0) is 0 Å². The van der Waals surface area contributed by atoms with Crippen LogP contribution in [0, 0.1) is 34.0 Å². The summed E-state index contributed by atoms with van der Waals surface area (Å²) in [5.74, 6) is 0. The average molecular weight is 233 g/mol. The third kappa shape index (κ3) is 7.99. The van der Waals surface area contributed by atoms with Crippen molar-refractivity contribution in [1.29, 1.82) is 15.8 Å². The van der Waals surface area contributed by atoms with Crippen molar-refractivity contribution in [1.82, 2.24) is 0 Å². The zero-order valence-corrected chi connectivity index (χ0v) is 10.5. The largest absolute Gasteiger partial charge is 0.198 e. The topological polar surface area (TPSA) is 71.4 Å². The molecule has 84 valence electrons. The van der Waals surface area contributed by atoms with Gasteiger partial charge in [0.05, 0.1) is 18.2 Å². The summed E-state index contributed by atoms with van der Waals surface area (Å²) in [5.41, 5.74) is 1.42. The zero-order chi connectivity index (χ0) is 12.2. The summed E-state index contributed by atoms with van der Waals surface area (Å²) in [7, 11) is 2.69. The van der Waals surface area contributed by atoms with Gasteiger partial charge < -0.3 is 0 Å². The Bertz CT molecular complexity index is 321. The quantitative estimate of drug-likeness (QED) is 0.501. The number of hydrogen-bond acceptors (Lipinski definition) is 3. The van der Waals surface area contributed by atoms with E-state index in [-0.39, 0.29) is 5.66 Å². The maximum atomic E-state index is 8.53. The van der Waals surface area contributed by atoms with Crippen molar-refractivity contribution < 1.29 is 0 Å². The van der Waals surface area contributed by atoms with E-state index in [4.69, 9.17) is 15.8 Å². The van der Waals surface area contributed by atoms with E-state index in [1.807, 2.05) is 0 Å². The van der Waals surface area contributed by atoms with Crippen LogP contribution in [0.3, 0.4) is 0 Å². The molecule has 0 saturated heterocycles. The molecule has 0 amide bonds. The Balaban J connectivity index is 4.25. The van der Waals surface area contributed by atoms with Crippen LogP contribution in [0.15, 0.2) is 11.6 Å². The van der Waals surface area contributed by atoms with E-state index >= 15 is 0 Å². The zero-order valence-electron chi connectivity index (χ0n) is 9.32. The molecule has 2 atom stereocenters. The molecule has 0 aromatic rings. The van der Waals surface area contributed by atoms with Gasteiger partial charge in [0.25, 0.3) is 0 Å². The minimum Gasteiger partial charge on any atom is -0.198 e. The lowest BCUT2D eigenvalue weighted by atomic mass is 10.0. The Labute approximate surface area is 99.6 Å². The van der Waals surface area contributed by atoms with Gasteiger partial charge >= 0.3 is 0 Å². The molecule has 0 saturated carbocycles. The molecule has 0 aromatic carbocycles. The van der Waals surface area contributed by atoms with Gasteiger partial charge in [-0.1, -0.05) is 11.6 Å². The number of allylic oxidation sites excluding steroid dienone is 2. The highest BCUT2D eigenvalue weighted by atomic mass is 31.0. The highest BCUT2D eigenvalue weighted by Gasteiger charge is 2.02. The summed E-state index contributed by atoms with van der Waals surface area (Å²) in [4.78, 5) is 0. The first-order valence-electron chi connectivity index (χ1n) is 5.30. The number of hydrogen-bond donors (Lipinski definition) is 0. The predicted octanol–water partition coefficient (Wildman–Crippen LogP) is 3.07. The van der Waals surface area contributed by atoms with Crippen LogP contribution in [0.1, 0.15) is 38.5 Å². The molecule has 0 bridgehead atoms. The van der Waals surface area contributed by atoms with Crippen molar-refractivity contribution in [3.63, 3.8) is 0 Å². The van der Waals surface area contributed by atoms with E-state index in [1.54, 1.807) is 0 Å². The molecular weight excluding hydrogens is 217 g/mol. The van der Waals surface area contributed by atoms with E-state index in [2.05, 4.69) is 33.5 Å². The van der Waals surface area contributed by atoms with Gasteiger partial charge in [0.15, 0.2) is 0 Å². The van der Waals surface area contributed by atoms with Gasteiger partial charge in [-0.3, -0.25) is 0 Å². The summed E-state index contributed by atoms with van der Waals surface area (Å²) >= 11 is 0. The lowest BCUT2D eigenvalue weighted by Gasteiger charge is -2.07. The molecule has 4 heteroatoms. The van der Waals surface area contributed by atoms with Crippen LogP contribution in [0.25, 0.3) is 0 Å². The van der Waals surface area contributed by atoms with E-state index < -0.39 is 0 Å². The lowest BCUT2D eigenvalue weighted by molar-refractivity contribution is 0.833. The Morgan fingerprint density at radius 3 is 1.94 bits per heavy atom. The fraction of sp³-hybridized carbons (Fsp3) is 0.583. The van der Waals surface area contributed by atoms with Crippen molar-refractivity contribution >= 4 is 9.24 Å². The summed E-state index contributed by atoms with van der Waals surface area (Å²) in [6.07, 6.45) is 5.87. The van der Waals surface area contributed by atoms with E-state index in [1.165, 1.54) is 0 Å². The van der Waals surface area contributed by atoms with Crippen molar-refractivity contribution in [3.05, 3.63) is 11.6 Å². The van der Waals surface area contributed by atoms with Crippen LogP contribution >= 0.6 is 9.24 Å². The SMILES string of the molecule is N#CCCC(=CC(P)CCC#N)CCC#N. The monoisotopic (exact) mass is 233 g/mol. The summed E-state index contributed by atoms with van der Waals surface area (Å²) in [5, 5.41) is 25.5. The van der Waals surface area contributed by atoms with Gasteiger partial charge in [0, 0.05) is 19.3 Å². The standard InChI is InChI=1S/C12H16N3P/c13-7-1-4-11(5-2-8-14)10-12(16)6-3-9-15/h10,12H,1-6,16H2. The Morgan fingerprint density at radius 1 is 1.00 bits per heavy atom. The molecule has 0 spiro atoms. The molecule has 0 aromatic heterocycles. The van der Waals surface area contributed by atoms with E-state index in [0.29, 0.717) is 19.3 Å². The summed E-state index contributed by atoms with van der Waals surface area (Å²) in [6.45, 7) is 0. The first-order valence-corrected chi connectivity index (χ1v) is 5.97. The average Bonchev–Trinajstić information content (AvgIpc) is 2.30. The maximum Gasteiger partial charge on any atom is 0.0625 e. The van der Waals surface area contributed by atoms with E-state index in [0.717, 1.165) is 24.8 Å². The maximum absolute atomic E-state index is 8.53. The first kappa shape index (κ1) is 14.6. The van der Waals surface area contributed by atoms with Crippen LogP contribution in [0.4, 0.5) is 0 Å². The molecule has 0 aliphatic heterocycles. The third-order valence-corrected chi connectivity index (χ3v) is 2.68. The Morgan fingerprint density at radius 2 is 1.50 bits per heavy atom. The molecule has 16 heavy (non-hydrogen) atoms. The molecule has 0 heterocycles. The molecule has 0 N–H and O–H groups in total. The van der Waals surface area contributed by atoms with Crippen molar-refractivity contribution in [2.24, 2.45) is 0 Å². The molecular formula is C12H16N3P. The fourth-order valence-corrected chi connectivity index (χ4v) is 1.78. The van der Waals surface area contributed by atoms with E-state index in [9.17, 15) is 0 Å². The molecule has 2 unspecified atom stereocenters. The van der Waals surface area contributed by atoms with Crippen LogP contribution in [0.2, 0.25) is 0 Å². The molecule has 0 fully saturated rings. The van der Waals surface area contributed by atoms with Gasteiger partial charge in [-0.05, 0) is 24.9 Å². The fourth-order valence-electron chi connectivity index (χ4n) is 1.34. The Kier molecular flexibility index (Phi) is 9.30. The van der Waals surface area contributed by atoms with Gasteiger partial charge in [-0.2, -0.15) is 15.8 Å². The second-order valence-electron chi connectivity index (χ2n) is 3.50. The number of nitriles is 3. The van der Waals surface area contributed by atoms with Crippen molar-refractivity contribution in [3.8, 4) is 18.2 Å². The number of rotatable bonds is 7. The smallest absolute Gasteiger partial charge is 0.0625 e. The molecule has 3 nitrogen and oxygen atoms in total. The van der Waals surface area contributed by atoms with Gasteiger partial charge in [-0.15, -0.1) is 9.24 Å². The second kappa shape index (κ2) is 10.2. The molecule has 0 radical (unpaired) electrons. The lowest BCUT2D eigenvalue weighted by Crippen LogP contribution is -1.95. The van der Waals surface area contributed by atoms with Gasteiger partial charge in [0.2, 0.25) is 0 Å². The van der Waals surface area contributed by atoms with Gasteiger partial charge in [-0.25, -0.2) is 0 Å². The van der Waals surface area contributed by atoms with Crippen LogP contribution in [-0.4, -0.2) is 5.66 Å². The first-order chi connectivity index (χ1) is 7.74. The highest BCUT2D eigenvalue weighted by molar-refractivity contribution is 7.17. The second-order valence-corrected chi connectivity index (χ2v) is 4.36. The summed E-state index contributed by atoms with van der Waals surface area (Å²) in [6, 6.07) is 6.33. The predicted molar refractivity (Wildman–Crippen MR) is 66.1 cm³/mol. The van der Waals surface area contributed by atoms with Crippen LogP contribution in [0.5, 0.6) is 0 Å². The minimum atomic E-state index is 0.270. The molecule has 0 rings (SSSR count). The van der Waals surface area contributed by atoms with Gasteiger partial charge in [0.1, 0.15) is 0 Å². The normalized spacial score (nSPS) is 10.6. The van der Waals surface area contributed by atoms with Crippen LogP contribution < -0.4 is 0 Å². The molecule has 0 aliphatic rings. The minimum absolute atomic E-state index is 0.270. The van der Waals surface area contributed by atoms with Crippen molar-refractivity contribution in [2.45, 2.75) is 44.2 Å². The summed E-state index contributed by atoms with van der Waals surface area (Å²) < 4.78 is 0. The third-order valence-electron chi connectivity index (χ3n) is 2.16. The highest BCUT2D eigenvalue weighted by Crippen LogP contribution is 2.18. The molecule has 0 aliphatic carbocycles. The van der Waals surface area contributed by atoms with Crippen molar-refractivity contribution in [2.75, 3.05) is 0 Å². The Hall–Kier alpha value is -1.36.